The summed E-state index contributed by atoms with van der Waals surface area (Å²) in [5, 5.41) is 1.42. The number of benzene rings is 1. The molecule has 0 spiro atoms. The van der Waals surface area contributed by atoms with Crippen LogP contribution in [0.5, 0.6) is 0 Å². The summed E-state index contributed by atoms with van der Waals surface area (Å²) < 4.78 is 13.8. The lowest BCUT2D eigenvalue weighted by atomic mass is 10.1. The van der Waals surface area contributed by atoms with Crippen LogP contribution in [-0.4, -0.2) is 73.9 Å². The zero-order chi connectivity index (χ0) is 32.8. The van der Waals surface area contributed by atoms with Gasteiger partial charge in [0.15, 0.2) is 0 Å². The largest absolute Gasteiger partial charge is 0.444 e. The Kier molecular flexibility index (Phi) is 11.4. The first-order chi connectivity index (χ1) is 21.2. The molecule has 4 rings (SSSR count). The first kappa shape index (κ1) is 34.5. The molecule has 0 bridgehead atoms. The first-order valence-electron chi connectivity index (χ1n) is 16.2. The van der Waals surface area contributed by atoms with Gasteiger partial charge in [0.25, 0.3) is 0 Å². The highest BCUT2D eigenvalue weighted by molar-refractivity contribution is 6.34. The van der Waals surface area contributed by atoms with Gasteiger partial charge in [0, 0.05) is 38.4 Å². The van der Waals surface area contributed by atoms with Gasteiger partial charge >= 0.3 is 12.2 Å². The molecule has 1 fully saturated rings. The van der Waals surface area contributed by atoms with Crippen LogP contribution in [0, 0.1) is 5.92 Å². The predicted molar refractivity (Wildman–Crippen MR) is 179 cm³/mol. The van der Waals surface area contributed by atoms with Crippen molar-refractivity contribution in [3.63, 3.8) is 0 Å². The summed E-state index contributed by atoms with van der Waals surface area (Å²) in [5.74, 6) is 0.308. The summed E-state index contributed by atoms with van der Waals surface area (Å²) in [5.41, 5.74) is 1.98. The Labute approximate surface area is 273 Å². The lowest BCUT2D eigenvalue weighted by Gasteiger charge is -2.31. The van der Waals surface area contributed by atoms with E-state index in [1.165, 1.54) is 6.33 Å². The summed E-state index contributed by atoms with van der Waals surface area (Å²) >= 11 is 6.46. The van der Waals surface area contributed by atoms with Crippen LogP contribution in [0.1, 0.15) is 91.3 Å². The Balaban J connectivity index is 1.43. The molecular formula is C35H50ClN5O4. The van der Waals surface area contributed by atoms with E-state index in [9.17, 15) is 9.59 Å². The molecule has 246 valence electrons. The molecule has 9 nitrogen and oxygen atoms in total. The fraction of sp³-hybridized carbons (Fsp3) is 0.600. The van der Waals surface area contributed by atoms with Gasteiger partial charge in [0.05, 0.1) is 5.39 Å². The van der Waals surface area contributed by atoms with Gasteiger partial charge in [-0.25, -0.2) is 19.6 Å². The monoisotopic (exact) mass is 639 g/mol. The van der Waals surface area contributed by atoms with Crippen LogP contribution in [0.25, 0.3) is 11.0 Å². The van der Waals surface area contributed by atoms with Crippen molar-refractivity contribution in [2.45, 2.75) is 104 Å². The number of fused-ring (bicyclic) bond motifs is 1. The van der Waals surface area contributed by atoms with Gasteiger partial charge in [-0.3, -0.25) is 0 Å². The standard InChI is InChI=1S/C35H50ClN5O4/c1-8-27-23-41(31-29(27)30(36)37-24-38-31)28-16-15-26(21-28)22-40(33(43)45-35(5,6)7)19-12-18-39(32(42)44-34(2,3)4)20-17-25-13-10-9-11-14-25/h9-11,13-14,23-24,26,28H,8,12,15-22H2,1-7H3/t26-,28+/m1/s1. The summed E-state index contributed by atoms with van der Waals surface area (Å²) in [6, 6.07) is 10.4. The maximum Gasteiger partial charge on any atom is 0.410 e. The number of halogens is 1. The lowest BCUT2D eigenvalue weighted by molar-refractivity contribution is 0.0186. The fourth-order valence-corrected chi connectivity index (χ4v) is 6.26. The van der Waals surface area contributed by atoms with Crippen LogP contribution in [0.4, 0.5) is 9.59 Å². The Bertz CT molecular complexity index is 1430. The van der Waals surface area contributed by atoms with Gasteiger partial charge in [-0.15, -0.1) is 0 Å². The Hall–Kier alpha value is -3.33. The van der Waals surface area contributed by atoms with E-state index < -0.39 is 11.2 Å². The highest BCUT2D eigenvalue weighted by Gasteiger charge is 2.32. The first-order valence-corrected chi connectivity index (χ1v) is 16.6. The molecule has 2 amide bonds. The van der Waals surface area contributed by atoms with Crippen molar-refractivity contribution in [3.8, 4) is 0 Å². The van der Waals surface area contributed by atoms with E-state index in [1.807, 2.05) is 64.6 Å². The van der Waals surface area contributed by atoms with Crippen LogP contribution in [0.2, 0.25) is 5.15 Å². The van der Waals surface area contributed by atoms with E-state index in [1.54, 1.807) is 4.90 Å². The van der Waals surface area contributed by atoms with Crippen LogP contribution in [0.15, 0.2) is 42.9 Å². The third kappa shape index (κ3) is 9.83. The third-order valence-electron chi connectivity index (χ3n) is 8.08. The number of rotatable bonds is 11. The lowest BCUT2D eigenvalue weighted by Crippen LogP contribution is -2.42. The molecule has 2 heterocycles. The maximum absolute atomic E-state index is 13.4. The van der Waals surface area contributed by atoms with Crippen molar-refractivity contribution < 1.29 is 19.1 Å². The summed E-state index contributed by atoms with van der Waals surface area (Å²) in [6.07, 6.45) is 8.14. The zero-order valence-electron chi connectivity index (χ0n) is 28.0. The zero-order valence-corrected chi connectivity index (χ0v) is 28.8. The predicted octanol–water partition coefficient (Wildman–Crippen LogP) is 8.10. The smallest absolute Gasteiger partial charge is 0.410 e. The second kappa shape index (κ2) is 14.8. The molecule has 0 saturated heterocycles. The van der Waals surface area contributed by atoms with Gasteiger partial charge in [-0.05, 0) is 97.1 Å². The van der Waals surface area contributed by atoms with E-state index in [4.69, 9.17) is 21.1 Å². The van der Waals surface area contributed by atoms with Crippen molar-refractivity contribution in [2.75, 3.05) is 26.2 Å². The average molecular weight is 640 g/mol. The molecule has 0 aliphatic heterocycles. The van der Waals surface area contributed by atoms with Gasteiger partial charge < -0.3 is 23.8 Å². The maximum atomic E-state index is 13.4. The summed E-state index contributed by atoms with van der Waals surface area (Å²) in [7, 11) is 0. The number of hydrogen-bond acceptors (Lipinski definition) is 6. The van der Waals surface area contributed by atoms with Gasteiger partial charge in [0.2, 0.25) is 0 Å². The quantitative estimate of drug-likeness (QED) is 0.197. The summed E-state index contributed by atoms with van der Waals surface area (Å²) in [6.45, 7) is 15.5. The normalized spacial score (nSPS) is 17.0. The highest BCUT2D eigenvalue weighted by atomic mass is 35.5. The highest BCUT2D eigenvalue weighted by Crippen LogP contribution is 2.39. The van der Waals surface area contributed by atoms with Crippen LogP contribution < -0.4 is 0 Å². The number of aryl methyl sites for hydroxylation is 1. The average Bonchev–Trinajstić information content (AvgIpc) is 3.58. The van der Waals surface area contributed by atoms with Crippen molar-refractivity contribution in [2.24, 2.45) is 5.92 Å². The molecule has 1 saturated carbocycles. The minimum absolute atomic E-state index is 0.268. The molecule has 2 atom stereocenters. The number of carbonyl (C=O) groups is 2. The molecule has 45 heavy (non-hydrogen) atoms. The molecule has 1 aromatic carbocycles. The van der Waals surface area contributed by atoms with Crippen molar-refractivity contribution >= 4 is 34.8 Å². The molecule has 10 heteroatoms. The molecule has 1 aliphatic carbocycles. The molecule has 0 radical (unpaired) electrons. The van der Waals surface area contributed by atoms with Gasteiger partial charge in [-0.1, -0.05) is 48.9 Å². The minimum Gasteiger partial charge on any atom is -0.444 e. The topological polar surface area (TPSA) is 89.8 Å². The molecule has 1 aliphatic rings. The fourth-order valence-electron chi connectivity index (χ4n) is 6.01. The van der Waals surface area contributed by atoms with E-state index >= 15 is 0 Å². The van der Waals surface area contributed by atoms with E-state index in [2.05, 4.69) is 39.8 Å². The minimum atomic E-state index is -0.606. The van der Waals surface area contributed by atoms with Crippen molar-refractivity contribution in [3.05, 3.63) is 59.1 Å². The van der Waals surface area contributed by atoms with Crippen LogP contribution in [0.3, 0.4) is 0 Å². The number of carbonyl (C=O) groups excluding carboxylic acids is 2. The van der Waals surface area contributed by atoms with E-state index in [0.29, 0.717) is 43.7 Å². The Morgan fingerprint density at radius 3 is 2.22 bits per heavy atom. The number of aromatic nitrogens is 3. The third-order valence-corrected chi connectivity index (χ3v) is 8.37. The Morgan fingerprint density at radius 2 is 1.58 bits per heavy atom. The number of ether oxygens (including phenoxy) is 2. The van der Waals surface area contributed by atoms with Gasteiger partial charge in [0.1, 0.15) is 28.3 Å². The molecule has 3 aromatic rings. The number of amides is 2. The van der Waals surface area contributed by atoms with Crippen molar-refractivity contribution in [1.82, 2.24) is 24.3 Å². The number of nitrogens with zero attached hydrogens (tertiary/aromatic N) is 5. The molecule has 0 N–H and O–H groups in total. The van der Waals surface area contributed by atoms with Gasteiger partial charge in [-0.2, -0.15) is 0 Å². The van der Waals surface area contributed by atoms with E-state index in [-0.39, 0.29) is 18.2 Å². The molecular weight excluding hydrogens is 590 g/mol. The second-order valence-electron chi connectivity index (χ2n) is 14.1. The van der Waals surface area contributed by atoms with E-state index in [0.717, 1.165) is 54.3 Å². The summed E-state index contributed by atoms with van der Waals surface area (Å²) in [4.78, 5) is 38.9. The number of hydrogen-bond donors (Lipinski definition) is 0. The van der Waals surface area contributed by atoms with Crippen LogP contribution >= 0.6 is 11.6 Å². The van der Waals surface area contributed by atoms with Crippen LogP contribution in [-0.2, 0) is 22.3 Å². The van der Waals surface area contributed by atoms with Crippen molar-refractivity contribution in [1.29, 1.82) is 0 Å². The Morgan fingerprint density at radius 1 is 0.933 bits per heavy atom. The second-order valence-corrected chi connectivity index (χ2v) is 14.5. The molecule has 2 aromatic heterocycles. The molecule has 0 unspecified atom stereocenters. The SMILES string of the molecule is CCc1cn([C@H]2CC[C@@H](CN(CCCN(CCc3ccccc3)C(=O)OC(C)(C)C)C(=O)OC(C)(C)C)C2)c2ncnc(Cl)c12.